The molecule has 4 nitrogen and oxygen atoms in total. The number of hydrogen-bond donors (Lipinski definition) is 2. The molecular weight excluding hydrogens is 132 g/mol. The van der Waals surface area contributed by atoms with Gasteiger partial charge in [-0.2, -0.15) is 0 Å². The summed E-state index contributed by atoms with van der Waals surface area (Å²) in [6.07, 6.45) is 1.89. The van der Waals surface area contributed by atoms with E-state index < -0.39 is 0 Å². The maximum absolute atomic E-state index is 10.5. The standard InChI is InChI=1S/C6H10N2O2/c1-5(3-4-9)8-6(10)7-2/h3-4H,1-2H3,(H2,7,8,10)/b5-3-. The molecule has 0 saturated heterocycles. The topological polar surface area (TPSA) is 58.2 Å². The number of urea groups is 1. The lowest BCUT2D eigenvalue weighted by Gasteiger charge is -2.00. The van der Waals surface area contributed by atoms with Crippen molar-refractivity contribution < 1.29 is 9.59 Å². The van der Waals surface area contributed by atoms with Crippen LogP contribution in [0.1, 0.15) is 6.92 Å². The Morgan fingerprint density at radius 2 is 2.10 bits per heavy atom. The van der Waals surface area contributed by atoms with Crippen molar-refractivity contribution >= 4 is 12.3 Å². The molecule has 0 aliphatic heterocycles. The Labute approximate surface area is 59.3 Å². The number of hydrogen-bond acceptors (Lipinski definition) is 2. The summed E-state index contributed by atoms with van der Waals surface area (Å²) in [5.41, 5.74) is 0.523. The third-order valence-corrected chi connectivity index (χ3v) is 0.856. The summed E-state index contributed by atoms with van der Waals surface area (Å²) in [5, 5.41) is 4.76. The second-order valence-electron chi connectivity index (χ2n) is 1.69. The third kappa shape index (κ3) is 3.65. The van der Waals surface area contributed by atoms with Crippen LogP contribution in [0.25, 0.3) is 0 Å². The lowest BCUT2D eigenvalue weighted by molar-refractivity contribution is -0.104. The first-order valence-corrected chi connectivity index (χ1v) is 2.81. The zero-order chi connectivity index (χ0) is 7.98. The molecule has 0 spiro atoms. The van der Waals surface area contributed by atoms with Crippen molar-refractivity contribution in [3.8, 4) is 0 Å². The van der Waals surface area contributed by atoms with Crippen molar-refractivity contribution in [2.75, 3.05) is 7.05 Å². The van der Waals surface area contributed by atoms with Gasteiger partial charge in [-0.25, -0.2) is 4.79 Å². The molecule has 0 bridgehead atoms. The monoisotopic (exact) mass is 142 g/mol. The maximum Gasteiger partial charge on any atom is 0.318 e. The van der Waals surface area contributed by atoms with E-state index in [4.69, 9.17) is 0 Å². The van der Waals surface area contributed by atoms with Gasteiger partial charge in [-0.05, 0) is 13.0 Å². The van der Waals surface area contributed by atoms with Crippen LogP contribution >= 0.6 is 0 Å². The predicted molar refractivity (Wildman–Crippen MR) is 37.4 cm³/mol. The number of allylic oxidation sites excluding steroid dienone is 2. The summed E-state index contributed by atoms with van der Waals surface area (Å²) >= 11 is 0. The number of nitrogens with one attached hydrogen (secondary N) is 2. The van der Waals surface area contributed by atoms with Gasteiger partial charge in [0.05, 0.1) is 0 Å². The molecule has 0 atom stereocenters. The molecule has 56 valence electrons. The molecule has 0 radical (unpaired) electrons. The number of carbonyl (C=O) groups is 2. The fourth-order valence-electron chi connectivity index (χ4n) is 0.385. The molecule has 0 aromatic rings. The molecular formula is C6H10N2O2. The zero-order valence-corrected chi connectivity index (χ0v) is 5.97. The highest BCUT2D eigenvalue weighted by atomic mass is 16.2. The van der Waals surface area contributed by atoms with Gasteiger partial charge in [0.1, 0.15) is 6.29 Å². The Morgan fingerprint density at radius 1 is 1.50 bits per heavy atom. The van der Waals surface area contributed by atoms with E-state index in [0.29, 0.717) is 12.0 Å². The van der Waals surface area contributed by atoms with E-state index in [9.17, 15) is 9.59 Å². The third-order valence-electron chi connectivity index (χ3n) is 0.856. The van der Waals surface area contributed by atoms with E-state index in [-0.39, 0.29) is 6.03 Å². The average molecular weight is 142 g/mol. The molecule has 0 aromatic carbocycles. The first-order chi connectivity index (χ1) is 4.70. The minimum atomic E-state index is -0.324. The van der Waals surface area contributed by atoms with Crippen LogP contribution in [-0.4, -0.2) is 19.4 Å². The molecule has 2 N–H and O–H groups in total. The number of rotatable bonds is 2. The van der Waals surface area contributed by atoms with Crippen LogP contribution in [0.4, 0.5) is 4.79 Å². The van der Waals surface area contributed by atoms with Crippen molar-refractivity contribution in [2.24, 2.45) is 0 Å². The first-order valence-electron chi connectivity index (χ1n) is 2.81. The van der Waals surface area contributed by atoms with Gasteiger partial charge >= 0.3 is 6.03 Å². The molecule has 0 fully saturated rings. The fraction of sp³-hybridized carbons (Fsp3) is 0.333. The number of amides is 2. The Hall–Kier alpha value is -1.32. The largest absolute Gasteiger partial charge is 0.341 e. The van der Waals surface area contributed by atoms with Gasteiger partial charge < -0.3 is 10.6 Å². The highest BCUT2D eigenvalue weighted by Crippen LogP contribution is 1.81. The van der Waals surface area contributed by atoms with Gasteiger partial charge in [0.25, 0.3) is 0 Å². The summed E-state index contributed by atoms with van der Waals surface area (Å²) in [7, 11) is 1.50. The highest BCUT2D eigenvalue weighted by Gasteiger charge is 1.93. The van der Waals surface area contributed by atoms with E-state index >= 15 is 0 Å². The summed E-state index contributed by atoms with van der Waals surface area (Å²) in [6.45, 7) is 1.63. The maximum atomic E-state index is 10.5. The van der Waals surface area contributed by atoms with E-state index in [0.717, 1.165) is 0 Å². The van der Waals surface area contributed by atoms with Gasteiger partial charge in [0.15, 0.2) is 0 Å². The smallest absolute Gasteiger partial charge is 0.318 e. The van der Waals surface area contributed by atoms with Crippen LogP contribution in [0.3, 0.4) is 0 Å². The van der Waals surface area contributed by atoms with E-state index in [1.807, 2.05) is 0 Å². The molecule has 10 heavy (non-hydrogen) atoms. The van der Waals surface area contributed by atoms with E-state index in [1.54, 1.807) is 6.92 Å². The van der Waals surface area contributed by atoms with Crippen molar-refractivity contribution in [1.29, 1.82) is 0 Å². The van der Waals surface area contributed by atoms with Crippen LogP contribution in [-0.2, 0) is 4.79 Å². The quantitative estimate of drug-likeness (QED) is 0.421. The highest BCUT2D eigenvalue weighted by molar-refractivity contribution is 5.77. The summed E-state index contributed by atoms with van der Waals surface area (Å²) in [5.74, 6) is 0. The minimum Gasteiger partial charge on any atom is -0.341 e. The van der Waals surface area contributed by atoms with Crippen LogP contribution in [0.5, 0.6) is 0 Å². The molecule has 0 heterocycles. The van der Waals surface area contributed by atoms with Crippen LogP contribution in [0, 0.1) is 0 Å². The van der Waals surface area contributed by atoms with Crippen molar-refractivity contribution in [3.63, 3.8) is 0 Å². The SMILES string of the molecule is CNC(=O)N/C(C)=C\C=O. The minimum absolute atomic E-state index is 0.324. The predicted octanol–water partition coefficient (Wildman–Crippen LogP) is 0.0181. The van der Waals surface area contributed by atoms with Crippen molar-refractivity contribution in [2.45, 2.75) is 6.92 Å². The van der Waals surface area contributed by atoms with Crippen molar-refractivity contribution in [3.05, 3.63) is 11.8 Å². The molecule has 0 unspecified atom stereocenters. The van der Waals surface area contributed by atoms with E-state index in [2.05, 4.69) is 10.6 Å². The van der Waals surface area contributed by atoms with Gasteiger partial charge in [0.2, 0.25) is 0 Å². The Morgan fingerprint density at radius 3 is 2.50 bits per heavy atom. The molecule has 0 saturated carbocycles. The Kier molecular flexibility index (Phi) is 3.95. The molecule has 0 rings (SSSR count). The number of aldehydes is 1. The molecule has 2 amide bonds. The van der Waals surface area contributed by atoms with Gasteiger partial charge in [-0.15, -0.1) is 0 Å². The molecule has 0 aliphatic carbocycles. The lowest BCUT2D eigenvalue weighted by atomic mass is 10.4. The van der Waals surface area contributed by atoms with Crippen LogP contribution in [0.2, 0.25) is 0 Å². The molecule has 0 aromatic heterocycles. The van der Waals surface area contributed by atoms with Gasteiger partial charge in [-0.1, -0.05) is 0 Å². The Balaban J connectivity index is 3.78. The average Bonchev–Trinajstić information content (AvgIpc) is 1.88. The van der Waals surface area contributed by atoms with Crippen molar-refractivity contribution in [1.82, 2.24) is 10.6 Å². The normalized spacial score (nSPS) is 10.4. The van der Waals surface area contributed by atoms with Gasteiger partial charge in [0, 0.05) is 12.7 Å². The van der Waals surface area contributed by atoms with E-state index in [1.165, 1.54) is 13.1 Å². The van der Waals surface area contributed by atoms with Gasteiger partial charge in [-0.3, -0.25) is 4.79 Å². The first kappa shape index (κ1) is 8.68. The Bertz CT molecular complexity index is 163. The van der Waals surface area contributed by atoms with Crippen LogP contribution in [0.15, 0.2) is 11.8 Å². The second kappa shape index (κ2) is 4.55. The summed E-state index contributed by atoms with van der Waals surface area (Å²) < 4.78 is 0. The number of carbonyl (C=O) groups excluding carboxylic acids is 2. The fourth-order valence-corrected chi connectivity index (χ4v) is 0.385. The summed E-state index contributed by atoms with van der Waals surface area (Å²) in [4.78, 5) is 20.4. The molecule has 0 aliphatic rings. The zero-order valence-electron chi connectivity index (χ0n) is 5.97. The van der Waals surface area contributed by atoms with Crippen LogP contribution < -0.4 is 10.6 Å². The summed E-state index contributed by atoms with van der Waals surface area (Å²) in [6, 6.07) is -0.324. The lowest BCUT2D eigenvalue weighted by Crippen LogP contribution is -2.31. The molecule has 4 heteroatoms. The second-order valence-corrected chi connectivity index (χ2v) is 1.69.